The minimum atomic E-state index is 0.123. The largest absolute Gasteiger partial charge is 0.465 e. The molecule has 1 aromatic rings. The zero-order valence-electron chi connectivity index (χ0n) is 13.2. The van der Waals surface area contributed by atoms with Crippen LogP contribution in [0.1, 0.15) is 43.2 Å². The first-order valence-electron chi connectivity index (χ1n) is 7.92. The summed E-state index contributed by atoms with van der Waals surface area (Å²) < 4.78 is 5.79. The molecule has 0 spiro atoms. The van der Waals surface area contributed by atoms with Gasteiger partial charge in [0, 0.05) is 13.0 Å². The first-order chi connectivity index (χ1) is 10.2. The zero-order chi connectivity index (χ0) is 15.1. The molecule has 1 unspecified atom stereocenters. The minimum Gasteiger partial charge on any atom is -0.465 e. The van der Waals surface area contributed by atoms with Crippen molar-refractivity contribution in [2.45, 2.75) is 38.6 Å². The van der Waals surface area contributed by atoms with Crippen LogP contribution in [0.2, 0.25) is 0 Å². The number of hydrogen-bond acceptors (Lipinski definition) is 4. The normalized spacial score (nSPS) is 17.0. The smallest absolute Gasteiger partial charge is 0.220 e. The first kappa shape index (κ1) is 16.0. The summed E-state index contributed by atoms with van der Waals surface area (Å²) in [5.41, 5.74) is 0. The molecule has 1 aliphatic rings. The van der Waals surface area contributed by atoms with Gasteiger partial charge in [0.05, 0.1) is 6.04 Å². The molecule has 1 aliphatic heterocycles. The predicted molar refractivity (Wildman–Crippen MR) is 83.2 cm³/mol. The summed E-state index contributed by atoms with van der Waals surface area (Å²) in [6, 6.07) is 4.19. The topological polar surface area (TPSA) is 57.5 Å². The van der Waals surface area contributed by atoms with Crippen molar-refractivity contribution in [2.24, 2.45) is 0 Å². The van der Waals surface area contributed by atoms with Gasteiger partial charge in [0.2, 0.25) is 5.91 Å². The summed E-state index contributed by atoms with van der Waals surface area (Å²) in [5, 5.41) is 6.12. The summed E-state index contributed by atoms with van der Waals surface area (Å²) >= 11 is 0. The maximum atomic E-state index is 11.9. The maximum absolute atomic E-state index is 11.9. The number of furan rings is 1. The highest BCUT2D eigenvalue weighted by Crippen LogP contribution is 2.26. The van der Waals surface area contributed by atoms with E-state index in [0.717, 1.165) is 37.6 Å². The van der Waals surface area contributed by atoms with Crippen LogP contribution in [0.4, 0.5) is 0 Å². The third-order valence-corrected chi connectivity index (χ3v) is 3.99. The maximum Gasteiger partial charge on any atom is 0.220 e. The average Bonchev–Trinajstić information content (AvgIpc) is 3.12. The van der Waals surface area contributed by atoms with Crippen molar-refractivity contribution in [2.75, 3.05) is 33.2 Å². The van der Waals surface area contributed by atoms with Crippen molar-refractivity contribution in [1.82, 2.24) is 15.5 Å². The molecule has 2 heterocycles. The molecule has 5 nitrogen and oxygen atoms in total. The van der Waals surface area contributed by atoms with Crippen molar-refractivity contribution in [3.05, 3.63) is 23.7 Å². The Labute approximate surface area is 127 Å². The molecule has 0 bridgehead atoms. The molecule has 0 aromatic carbocycles. The fraction of sp³-hybridized carbons (Fsp3) is 0.688. The molecule has 5 heteroatoms. The Morgan fingerprint density at radius 2 is 2.14 bits per heavy atom. The number of hydrogen-bond donors (Lipinski definition) is 2. The lowest BCUT2D eigenvalue weighted by molar-refractivity contribution is -0.121. The molecule has 1 aromatic heterocycles. The number of nitrogens with one attached hydrogen (secondary N) is 2. The third-order valence-electron chi connectivity index (χ3n) is 3.99. The van der Waals surface area contributed by atoms with E-state index in [0.29, 0.717) is 13.0 Å². The van der Waals surface area contributed by atoms with Crippen molar-refractivity contribution < 1.29 is 9.21 Å². The van der Waals surface area contributed by atoms with Crippen LogP contribution >= 0.6 is 0 Å². The van der Waals surface area contributed by atoms with Gasteiger partial charge in [0.25, 0.3) is 0 Å². The van der Waals surface area contributed by atoms with Crippen LogP contribution in [-0.4, -0.2) is 44.0 Å². The van der Waals surface area contributed by atoms with Gasteiger partial charge in [-0.1, -0.05) is 0 Å². The fourth-order valence-corrected chi connectivity index (χ4v) is 2.82. The summed E-state index contributed by atoms with van der Waals surface area (Å²) in [5.74, 6) is 2.01. The van der Waals surface area contributed by atoms with Crippen LogP contribution in [0, 0.1) is 6.92 Å². The van der Waals surface area contributed by atoms with Crippen molar-refractivity contribution in [1.29, 1.82) is 0 Å². The Balaban J connectivity index is 1.88. The van der Waals surface area contributed by atoms with E-state index in [1.54, 1.807) is 0 Å². The number of aryl methyl sites for hydroxylation is 1. The van der Waals surface area contributed by atoms with Gasteiger partial charge in [0.15, 0.2) is 0 Å². The Hall–Kier alpha value is -1.33. The molecule has 1 atom stereocenters. The van der Waals surface area contributed by atoms with Crippen molar-refractivity contribution in [3.63, 3.8) is 0 Å². The highest BCUT2D eigenvalue weighted by atomic mass is 16.3. The molecule has 0 saturated carbocycles. The molecular formula is C16H27N3O2. The van der Waals surface area contributed by atoms with E-state index in [4.69, 9.17) is 4.42 Å². The van der Waals surface area contributed by atoms with Crippen LogP contribution in [0.3, 0.4) is 0 Å². The summed E-state index contributed by atoms with van der Waals surface area (Å²) in [6.45, 7) is 5.63. The van der Waals surface area contributed by atoms with Crippen LogP contribution in [0.25, 0.3) is 0 Å². The van der Waals surface area contributed by atoms with E-state index in [-0.39, 0.29) is 11.9 Å². The van der Waals surface area contributed by atoms with Gasteiger partial charge in [0.1, 0.15) is 11.5 Å². The highest BCUT2D eigenvalue weighted by molar-refractivity contribution is 5.75. The number of carbonyl (C=O) groups is 1. The lowest BCUT2D eigenvalue weighted by Crippen LogP contribution is -2.36. The van der Waals surface area contributed by atoms with E-state index in [9.17, 15) is 4.79 Å². The fourth-order valence-electron chi connectivity index (χ4n) is 2.82. The van der Waals surface area contributed by atoms with Gasteiger partial charge < -0.3 is 15.1 Å². The minimum absolute atomic E-state index is 0.123. The van der Waals surface area contributed by atoms with Gasteiger partial charge in [-0.05, 0) is 65.0 Å². The van der Waals surface area contributed by atoms with E-state index in [1.807, 2.05) is 26.1 Å². The second-order valence-corrected chi connectivity index (χ2v) is 5.72. The van der Waals surface area contributed by atoms with Gasteiger partial charge in [-0.15, -0.1) is 0 Å². The molecule has 0 radical (unpaired) electrons. The van der Waals surface area contributed by atoms with Gasteiger partial charge in [-0.3, -0.25) is 9.69 Å². The molecule has 21 heavy (non-hydrogen) atoms. The monoisotopic (exact) mass is 293 g/mol. The second kappa shape index (κ2) is 8.20. The second-order valence-electron chi connectivity index (χ2n) is 5.72. The van der Waals surface area contributed by atoms with E-state index in [1.165, 1.54) is 12.8 Å². The number of carbonyl (C=O) groups excluding carboxylic acids is 1. The third kappa shape index (κ3) is 4.86. The van der Waals surface area contributed by atoms with Crippen LogP contribution in [0.5, 0.6) is 0 Å². The predicted octanol–water partition coefficient (Wildman–Crippen LogP) is 1.84. The lowest BCUT2D eigenvalue weighted by atomic mass is 10.2. The quantitative estimate of drug-likeness (QED) is 0.718. The molecule has 0 aliphatic carbocycles. The summed E-state index contributed by atoms with van der Waals surface area (Å²) in [4.78, 5) is 14.3. The van der Waals surface area contributed by atoms with Gasteiger partial charge in [-0.2, -0.15) is 0 Å². The average molecular weight is 293 g/mol. The Kier molecular flexibility index (Phi) is 6.26. The Bertz CT molecular complexity index is 438. The van der Waals surface area contributed by atoms with E-state index >= 15 is 0 Å². The Morgan fingerprint density at radius 1 is 1.38 bits per heavy atom. The van der Waals surface area contributed by atoms with Crippen LogP contribution < -0.4 is 10.6 Å². The number of rotatable bonds is 8. The van der Waals surface area contributed by atoms with E-state index < -0.39 is 0 Å². The first-order valence-corrected chi connectivity index (χ1v) is 7.92. The SMILES string of the molecule is CNCCCC(=O)NCC(c1ccc(C)o1)N1CCCC1. The van der Waals surface area contributed by atoms with Crippen molar-refractivity contribution >= 4 is 5.91 Å². The summed E-state index contributed by atoms with van der Waals surface area (Å²) in [6.07, 6.45) is 3.90. The molecule has 2 rings (SSSR count). The van der Waals surface area contributed by atoms with Crippen LogP contribution in [0.15, 0.2) is 16.5 Å². The zero-order valence-corrected chi connectivity index (χ0v) is 13.2. The molecule has 118 valence electrons. The molecule has 1 fully saturated rings. The number of nitrogens with zero attached hydrogens (tertiary/aromatic N) is 1. The molecule has 1 amide bonds. The van der Waals surface area contributed by atoms with Gasteiger partial charge >= 0.3 is 0 Å². The molecule has 2 N–H and O–H groups in total. The molecular weight excluding hydrogens is 266 g/mol. The van der Waals surface area contributed by atoms with Gasteiger partial charge in [-0.25, -0.2) is 0 Å². The van der Waals surface area contributed by atoms with Crippen molar-refractivity contribution in [3.8, 4) is 0 Å². The lowest BCUT2D eigenvalue weighted by Gasteiger charge is -2.26. The van der Waals surface area contributed by atoms with E-state index in [2.05, 4.69) is 15.5 Å². The summed E-state index contributed by atoms with van der Waals surface area (Å²) in [7, 11) is 1.90. The highest BCUT2D eigenvalue weighted by Gasteiger charge is 2.26. The molecule has 1 saturated heterocycles. The number of likely N-dealkylation sites (tertiary alicyclic amines) is 1. The Morgan fingerprint density at radius 3 is 2.76 bits per heavy atom. The standard InChI is InChI=1S/C16H27N3O2/c1-13-7-8-15(21-13)14(19-10-3-4-11-19)12-18-16(20)6-5-9-17-2/h7-8,14,17H,3-6,9-12H2,1-2H3,(H,18,20). The van der Waals surface area contributed by atoms with Crippen LogP contribution in [-0.2, 0) is 4.79 Å². The number of amides is 1.